The van der Waals surface area contributed by atoms with Gasteiger partial charge < -0.3 is 5.32 Å². The number of hydrogen-bond acceptors (Lipinski definition) is 1. The van der Waals surface area contributed by atoms with Gasteiger partial charge in [0.05, 0.1) is 0 Å². The number of halogens is 1. The summed E-state index contributed by atoms with van der Waals surface area (Å²) in [6, 6.07) is 5.33. The SMILES string of the molecule is CCNCCCCc1cc(C)ccc1F. The highest BCUT2D eigenvalue weighted by molar-refractivity contribution is 5.24. The zero-order valence-electron chi connectivity index (χ0n) is 9.65. The number of rotatable bonds is 6. The normalized spacial score (nSPS) is 10.6. The third-order valence-electron chi connectivity index (χ3n) is 2.50. The molecule has 0 saturated carbocycles. The molecule has 1 nitrogen and oxygen atoms in total. The van der Waals surface area contributed by atoms with Crippen LogP contribution in [0.4, 0.5) is 4.39 Å². The van der Waals surface area contributed by atoms with E-state index in [9.17, 15) is 4.39 Å². The smallest absolute Gasteiger partial charge is 0.126 e. The van der Waals surface area contributed by atoms with E-state index in [1.54, 1.807) is 6.07 Å². The van der Waals surface area contributed by atoms with Gasteiger partial charge in [-0.1, -0.05) is 24.6 Å². The Hall–Kier alpha value is -0.890. The van der Waals surface area contributed by atoms with Gasteiger partial charge in [0.1, 0.15) is 5.82 Å². The molecule has 84 valence electrons. The molecule has 0 bridgehead atoms. The summed E-state index contributed by atoms with van der Waals surface area (Å²) in [4.78, 5) is 0. The van der Waals surface area contributed by atoms with Crippen molar-refractivity contribution in [3.05, 3.63) is 35.1 Å². The van der Waals surface area contributed by atoms with Crippen LogP contribution in [0, 0.1) is 12.7 Å². The van der Waals surface area contributed by atoms with Gasteiger partial charge in [0.2, 0.25) is 0 Å². The van der Waals surface area contributed by atoms with Crippen molar-refractivity contribution < 1.29 is 4.39 Å². The molecule has 0 fully saturated rings. The van der Waals surface area contributed by atoms with Crippen molar-refractivity contribution >= 4 is 0 Å². The molecule has 0 aliphatic rings. The van der Waals surface area contributed by atoms with Crippen molar-refractivity contribution in [3.8, 4) is 0 Å². The topological polar surface area (TPSA) is 12.0 Å². The largest absolute Gasteiger partial charge is 0.317 e. The van der Waals surface area contributed by atoms with Gasteiger partial charge in [-0.2, -0.15) is 0 Å². The van der Waals surface area contributed by atoms with E-state index in [2.05, 4.69) is 12.2 Å². The van der Waals surface area contributed by atoms with Gasteiger partial charge in [-0.15, -0.1) is 0 Å². The monoisotopic (exact) mass is 209 g/mol. The molecule has 0 heterocycles. The third kappa shape index (κ3) is 4.43. The maximum absolute atomic E-state index is 13.3. The summed E-state index contributed by atoms with van der Waals surface area (Å²) in [7, 11) is 0. The second-order valence-electron chi connectivity index (χ2n) is 3.91. The standard InChI is InChI=1S/C13H20FN/c1-3-15-9-5-4-6-12-10-11(2)7-8-13(12)14/h7-8,10,15H,3-6,9H2,1-2H3. The van der Waals surface area contributed by atoms with Gasteiger partial charge >= 0.3 is 0 Å². The minimum atomic E-state index is -0.0657. The maximum atomic E-state index is 13.3. The maximum Gasteiger partial charge on any atom is 0.126 e. The lowest BCUT2D eigenvalue weighted by molar-refractivity contribution is 0.590. The van der Waals surface area contributed by atoms with Crippen molar-refractivity contribution in [3.63, 3.8) is 0 Å². The summed E-state index contributed by atoms with van der Waals surface area (Å²) in [5.41, 5.74) is 1.99. The highest BCUT2D eigenvalue weighted by Crippen LogP contribution is 2.12. The zero-order chi connectivity index (χ0) is 11.1. The molecular formula is C13H20FN. The zero-order valence-corrected chi connectivity index (χ0v) is 9.65. The Bertz CT molecular complexity index is 297. The van der Waals surface area contributed by atoms with E-state index in [0.29, 0.717) is 0 Å². The number of hydrogen-bond donors (Lipinski definition) is 1. The van der Waals surface area contributed by atoms with Crippen LogP contribution in [0.2, 0.25) is 0 Å². The van der Waals surface area contributed by atoms with E-state index < -0.39 is 0 Å². The summed E-state index contributed by atoms with van der Waals surface area (Å²) in [6.45, 7) is 6.14. The van der Waals surface area contributed by atoms with Gasteiger partial charge in [-0.05, 0) is 50.9 Å². The molecule has 1 aromatic rings. The molecule has 1 rings (SSSR count). The van der Waals surface area contributed by atoms with Crippen molar-refractivity contribution in [1.29, 1.82) is 0 Å². The summed E-state index contributed by atoms with van der Waals surface area (Å²) < 4.78 is 13.3. The van der Waals surface area contributed by atoms with Crippen LogP contribution in [0.5, 0.6) is 0 Å². The quantitative estimate of drug-likeness (QED) is 0.710. The molecule has 0 unspecified atom stereocenters. The molecule has 2 heteroatoms. The minimum Gasteiger partial charge on any atom is -0.317 e. The molecule has 0 radical (unpaired) electrons. The van der Waals surface area contributed by atoms with Crippen LogP contribution < -0.4 is 5.32 Å². The summed E-state index contributed by atoms with van der Waals surface area (Å²) in [5, 5.41) is 3.27. The van der Waals surface area contributed by atoms with E-state index >= 15 is 0 Å². The Labute approximate surface area is 91.7 Å². The van der Waals surface area contributed by atoms with Crippen molar-refractivity contribution in [2.45, 2.75) is 33.1 Å². The Morgan fingerprint density at radius 2 is 2.07 bits per heavy atom. The number of nitrogens with one attached hydrogen (secondary N) is 1. The van der Waals surface area contributed by atoms with Crippen LogP contribution in [0.25, 0.3) is 0 Å². The molecular weight excluding hydrogens is 189 g/mol. The van der Waals surface area contributed by atoms with Gasteiger partial charge in [0, 0.05) is 0 Å². The van der Waals surface area contributed by atoms with Crippen LogP contribution in [0.3, 0.4) is 0 Å². The van der Waals surface area contributed by atoms with E-state index in [1.807, 2.05) is 19.1 Å². The number of unbranched alkanes of at least 4 members (excludes halogenated alkanes) is 1. The van der Waals surface area contributed by atoms with E-state index in [0.717, 1.165) is 43.5 Å². The molecule has 0 amide bonds. The fraction of sp³-hybridized carbons (Fsp3) is 0.538. The van der Waals surface area contributed by atoms with Crippen molar-refractivity contribution in [2.24, 2.45) is 0 Å². The first kappa shape index (κ1) is 12.2. The first-order valence-electron chi connectivity index (χ1n) is 5.69. The van der Waals surface area contributed by atoms with E-state index in [1.165, 1.54) is 0 Å². The van der Waals surface area contributed by atoms with E-state index in [-0.39, 0.29) is 5.82 Å². The number of benzene rings is 1. The molecule has 0 aliphatic heterocycles. The first-order valence-corrected chi connectivity index (χ1v) is 5.69. The van der Waals surface area contributed by atoms with Crippen LogP contribution in [0.15, 0.2) is 18.2 Å². The molecule has 0 saturated heterocycles. The minimum absolute atomic E-state index is 0.0657. The molecule has 15 heavy (non-hydrogen) atoms. The van der Waals surface area contributed by atoms with Crippen LogP contribution in [0.1, 0.15) is 30.9 Å². The lowest BCUT2D eigenvalue weighted by Gasteiger charge is -2.05. The molecule has 0 aromatic heterocycles. The summed E-state index contributed by atoms with van der Waals surface area (Å²) >= 11 is 0. The van der Waals surface area contributed by atoms with Crippen LogP contribution >= 0.6 is 0 Å². The second kappa shape index (κ2) is 6.57. The highest BCUT2D eigenvalue weighted by Gasteiger charge is 2.01. The molecule has 0 aliphatic carbocycles. The third-order valence-corrected chi connectivity index (χ3v) is 2.50. The first-order chi connectivity index (χ1) is 7.24. The molecule has 0 atom stereocenters. The van der Waals surface area contributed by atoms with E-state index in [4.69, 9.17) is 0 Å². The molecule has 0 spiro atoms. The molecule has 1 N–H and O–H groups in total. The van der Waals surface area contributed by atoms with Crippen LogP contribution in [-0.4, -0.2) is 13.1 Å². The van der Waals surface area contributed by atoms with Crippen molar-refractivity contribution in [1.82, 2.24) is 5.32 Å². The Morgan fingerprint density at radius 3 is 2.80 bits per heavy atom. The lowest BCUT2D eigenvalue weighted by atomic mass is 10.1. The lowest BCUT2D eigenvalue weighted by Crippen LogP contribution is -2.14. The van der Waals surface area contributed by atoms with Crippen LogP contribution in [-0.2, 0) is 6.42 Å². The van der Waals surface area contributed by atoms with Gasteiger partial charge in [-0.3, -0.25) is 0 Å². The van der Waals surface area contributed by atoms with Crippen molar-refractivity contribution in [2.75, 3.05) is 13.1 Å². The van der Waals surface area contributed by atoms with Gasteiger partial charge in [0.15, 0.2) is 0 Å². The fourth-order valence-corrected chi connectivity index (χ4v) is 1.64. The Balaban J connectivity index is 2.33. The van der Waals surface area contributed by atoms with Gasteiger partial charge in [0.25, 0.3) is 0 Å². The summed E-state index contributed by atoms with van der Waals surface area (Å²) in [6.07, 6.45) is 3.01. The second-order valence-corrected chi connectivity index (χ2v) is 3.91. The fourth-order valence-electron chi connectivity index (χ4n) is 1.64. The number of aryl methyl sites for hydroxylation is 2. The molecule has 1 aromatic carbocycles. The predicted octanol–water partition coefficient (Wildman–Crippen LogP) is 3.07. The highest BCUT2D eigenvalue weighted by atomic mass is 19.1. The Morgan fingerprint density at radius 1 is 1.27 bits per heavy atom. The van der Waals surface area contributed by atoms with Gasteiger partial charge in [-0.25, -0.2) is 4.39 Å². The predicted molar refractivity (Wildman–Crippen MR) is 62.6 cm³/mol. The Kier molecular flexibility index (Phi) is 5.33. The average molecular weight is 209 g/mol. The summed E-state index contributed by atoms with van der Waals surface area (Å²) in [5.74, 6) is -0.0657. The average Bonchev–Trinajstić information content (AvgIpc) is 2.23.